The zero-order chi connectivity index (χ0) is 19.0. The summed E-state index contributed by atoms with van der Waals surface area (Å²) in [7, 11) is 2.13. The van der Waals surface area contributed by atoms with E-state index < -0.39 is 0 Å². The van der Waals surface area contributed by atoms with Crippen LogP contribution in [0.4, 0.5) is 5.82 Å². The van der Waals surface area contributed by atoms with Gasteiger partial charge in [0, 0.05) is 36.6 Å². The van der Waals surface area contributed by atoms with Crippen LogP contribution in [0.15, 0.2) is 49.1 Å². The third-order valence-corrected chi connectivity index (χ3v) is 5.73. The Morgan fingerprint density at radius 2 is 1.74 bits per heavy atom. The molecule has 6 heteroatoms. The van der Waals surface area contributed by atoms with Gasteiger partial charge in [-0.25, -0.2) is 4.98 Å². The lowest BCUT2D eigenvalue weighted by Crippen LogP contribution is -2.46. The number of hydrogen-bond acceptors (Lipinski definition) is 4. The van der Waals surface area contributed by atoms with Gasteiger partial charge in [-0.15, -0.1) is 0 Å². The molecule has 140 valence electrons. The number of piperidine rings is 1. The van der Waals surface area contributed by atoms with Crippen molar-refractivity contribution < 1.29 is 4.79 Å². The normalized spacial score (nSPS) is 23.4. The maximum atomic E-state index is 12.7. The summed E-state index contributed by atoms with van der Waals surface area (Å²) in [5.74, 6) is 0.703. The molecule has 6 nitrogen and oxygen atoms in total. The summed E-state index contributed by atoms with van der Waals surface area (Å²) in [5, 5.41) is 3.02. The van der Waals surface area contributed by atoms with E-state index in [0.29, 0.717) is 17.9 Å². The van der Waals surface area contributed by atoms with Gasteiger partial charge < -0.3 is 14.6 Å². The molecular weight excluding hydrogens is 338 g/mol. The van der Waals surface area contributed by atoms with E-state index >= 15 is 0 Å². The van der Waals surface area contributed by atoms with Crippen LogP contribution in [0.2, 0.25) is 0 Å². The molecule has 4 rings (SSSR count). The number of aromatic nitrogens is 3. The average molecular weight is 363 g/mol. The van der Waals surface area contributed by atoms with Crippen LogP contribution >= 0.6 is 0 Å². The first-order valence-corrected chi connectivity index (χ1v) is 9.43. The van der Waals surface area contributed by atoms with Crippen molar-refractivity contribution in [3.63, 3.8) is 0 Å². The number of fused-ring (bicyclic) bond motifs is 1. The van der Waals surface area contributed by atoms with E-state index in [9.17, 15) is 4.79 Å². The Kier molecular flexibility index (Phi) is 4.66. The van der Waals surface area contributed by atoms with Crippen LogP contribution in [0.5, 0.6) is 0 Å². The van der Waals surface area contributed by atoms with E-state index in [4.69, 9.17) is 0 Å². The Labute approximate surface area is 159 Å². The smallest absolute Gasteiger partial charge is 0.228 e. The van der Waals surface area contributed by atoms with Gasteiger partial charge in [-0.1, -0.05) is 0 Å². The number of carbonyl (C=O) groups excluding carboxylic acids is 1. The fraction of sp³-hybridized carbons (Fsp3) is 0.381. The summed E-state index contributed by atoms with van der Waals surface area (Å²) in [6.45, 7) is 4.36. The summed E-state index contributed by atoms with van der Waals surface area (Å²) < 4.78 is 1.95. The molecule has 0 aromatic carbocycles. The van der Waals surface area contributed by atoms with Gasteiger partial charge in [0.2, 0.25) is 5.91 Å². The van der Waals surface area contributed by atoms with E-state index in [-0.39, 0.29) is 11.8 Å². The van der Waals surface area contributed by atoms with Gasteiger partial charge in [-0.05, 0) is 69.1 Å². The highest BCUT2D eigenvalue weighted by molar-refractivity contribution is 5.92. The predicted octanol–water partition coefficient (Wildman–Crippen LogP) is 3.45. The van der Waals surface area contributed by atoms with Crippen LogP contribution in [0.3, 0.4) is 0 Å². The number of pyridine rings is 2. The molecule has 0 unspecified atom stereocenters. The van der Waals surface area contributed by atoms with E-state index in [1.807, 2.05) is 41.1 Å². The lowest BCUT2D eigenvalue weighted by Gasteiger charge is -2.39. The zero-order valence-corrected chi connectivity index (χ0v) is 16.0. The van der Waals surface area contributed by atoms with Crippen LogP contribution in [0.25, 0.3) is 16.8 Å². The number of amides is 1. The third kappa shape index (κ3) is 3.57. The Morgan fingerprint density at radius 3 is 2.44 bits per heavy atom. The number of hydrogen-bond donors (Lipinski definition) is 1. The molecule has 3 atom stereocenters. The number of nitrogens with one attached hydrogen (secondary N) is 1. The summed E-state index contributed by atoms with van der Waals surface area (Å²) in [6, 6.07) is 8.77. The van der Waals surface area contributed by atoms with Crippen LogP contribution in [0, 0.1) is 5.92 Å². The predicted molar refractivity (Wildman–Crippen MR) is 106 cm³/mol. The highest BCUT2D eigenvalue weighted by atomic mass is 16.2. The first kappa shape index (κ1) is 17.7. The molecule has 0 spiro atoms. The summed E-state index contributed by atoms with van der Waals surface area (Å²) >= 11 is 0. The Bertz CT molecular complexity index is 940. The third-order valence-electron chi connectivity index (χ3n) is 5.73. The van der Waals surface area contributed by atoms with Crippen molar-refractivity contribution in [1.29, 1.82) is 0 Å². The molecule has 4 heterocycles. The molecule has 1 saturated heterocycles. The molecule has 0 bridgehead atoms. The van der Waals surface area contributed by atoms with E-state index in [0.717, 1.165) is 29.6 Å². The van der Waals surface area contributed by atoms with Crippen molar-refractivity contribution in [2.75, 3.05) is 12.4 Å². The quantitative estimate of drug-likeness (QED) is 0.774. The van der Waals surface area contributed by atoms with Crippen LogP contribution < -0.4 is 5.32 Å². The standard InChI is InChI=1S/C21H25N5O/c1-14-10-18(11-15(2)25(14)3)21(27)24-19-13-26-12-17(4-5-20(26)23-19)16-6-8-22-9-7-16/h4-9,12-15,18H,10-11H2,1-3H3,(H,24,27)/t14-,15+,18+. The van der Waals surface area contributed by atoms with Gasteiger partial charge in [0.1, 0.15) is 5.65 Å². The molecule has 1 aliphatic heterocycles. The first-order valence-electron chi connectivity index (χ1n) is 9.43. The number of rotatable bonds is 3. The van der Waals surface area contributed by atoms with Gasteiger partial charge >= 0.3 is 0 Å². The van der Waals surface area contributed by atoms with E-state index in [1.165, 1.54) is 0 Å². The van der Waals surface area contributed by atoms with E-state index in [2.05, 4.69) is 41.1 Å². The fourth-order valence-corrected chi connectivity index (χ4v) is 3.90. The SMILES string of the molecule is C[C@@H]1C[C@H](C(=O)Nc2cn3cc(-c4ccncc4)ccc3n2)C[C@H](C)N1C. The molecule has 0 aliphatic carbocycles. The van der Waals surface area contributed by atoms with Crippen molar-refractivity contribution in [3.05, 3.63) is 49.1 Å². The number of imidazole rings is 1. The van der Waals surface area contributed by atoms with Crippen LogP contribution in [-0.4, -0.2) is 44.3 Å². The highest BCUT2D eigenvalue weighted by Gasteiger charge is 2.32. The summed E-state index contributed by atoms with van der Waals surface area (Å²) in [5.41, 5.74) is 2.99. The van der Waals surface area contributed by atoms with Crippen molar-refractivity contribution in [2.45, 2.75) is 38.8 Å². The topological polar surface area (TPSA) is 62.5 Å². The molecule has 27 heavy (non-hydrogen) atoms. The molecule has 1 amide bonds. The maximum Gasteiger partial charge on any atom is 0.228 e. The fourth-order valence-electron chi connectivity index (χ4n) is 3.90. The Morgan fingerprint density at radius 1 is 1.04 bits per heavy atom. The van der Waals surface area contributed by atoms with Gasteiger partial charge in [0.05, 0.1) is 6.20 Å². The van der Waals surface area contributed by atoms with Gasteiger partial charge in [0.25, 0.3) is 0 Å². The summed E-state index contributed by atoms with van der Waals surface area (Å²) in [6.07, 6.45) is 9.22. The molecule has 0 saturated carbocycles. The van der Waals surface area contributed by atoms with Crippen LogP contribution in [-0.2, 0) is 4.79 Å². The van der Waals surface area contributed by atoms with Gasteiger partial charge in [-0.2, -0.15) is 0 Å². The molecule has 1 N–H and O–H groups in total. The molecule has 1 fully saturated rings. The molecule has 0 radical (unpaired) electrons. The van der Waals surface area contributed by atoms with Gasteiger partial charge in [-0.3, -0.25) is 9.78 Å². The lowest BCUT2D eigenvalue weighted by atomic mass is 9.87. The Hall–Kier alpha value is -2.73. The Balaban J connectivity index is 1.52. The second kappa shape index (κ2) is 7.12. The van der Waals surface area contributed by atoms with Crippen molar-refractivity contribution >= 4 is 17.4 Å². The largest absolute Gasteiger partial charge is 0.309 e. The van der Waals surface area contributed by atoms with Crippen LogP contribution in [0.1, 0.15) is 26.7 Å². The maximum absolute atomic E-state index is 12.7. The molecule has 3 aromatic heterocycles. The number of likely N-dealkylation sites (tertiary alicyclic amines) is 1. The highest BCUT2D eigenvalue weighted by Crippen LogP contribution is 2.27. The number of carbonyl (C=O) groups is 1. The minimum atomic E-state index is 0.0309. The summed E-state index contributed by atoms with van der Waals surface area (Å²) in [4.78, 5) is 23.7. The van der Waals surface area contributed by atoms with Crippen molar-refractivity contribution in [3.8, 4) is 11.1 Å². The average Bonchev–Trinajstić information content (AvgIpc) is 3.07. The minimum absolute atomic E-state index is 0.0309. The lowest BCUT2D eigenvalue weighted by molar-refractivity contribution is -0.122. The van der Waals surface area contributed by atoms with Crippen molar-refractivity contribution in [2.24, 2.45) is 5.92 Å². The molecular formula is C21H25N5O. The van der Waals surface area contributed by atoms with Crippen molar-refractivity contribution in [1.82, 2.24) is 19.3 Å². The second-order valence-electron chi connectivity index (χ2n) is 7.57. The monoisotopic (exact) mass is 363 g/mol. The van der Waals surface area contributed by atoms with Gasteiger partial charge in [0.15, 0.2) is 5.82 Å². The minimum Gasteiger partial charge on any atom is -0.309 e. The number of nitrogens with zero attached hydrogens (tertiary/aromatic N) is 4. The molecule has 1 aliphatic rings. The second-order valence-corrected chi connectivity index (χ2v) is 7.57. The number of anilines is 1. The first-order chi connectivity index (χ1) is 13.0. The zero-order valence-electron chi connectivity index (χ0n) is 16.0. The molecule has 3 aromatic rings. The van der Waals surface area contributed by atoms with E-state index in [1.54, 1.807) is 12.4 Å².